The Balaban J connectivity index is 2.44. The van der Waals surface area contributed by atoms with Crippen LogP contribution < -0.4 is 5.43 Å². The third-order valence-electron chi connectivity index (χ3n) is 3.24. The van der Waals surface area contributed by atoms with Crippen molar-refractivity contribution in [2.24, 2.45) is 0 Å². The summed E-state index contributed by atoms with van der Waals surface area (Å²) >= 11 is 3.54. The minimum atomic E-state index is 0.0918. The summed E-state index contributed by atoms with van der Waals surface area (Å²) in [4.78, 5) is 15.7. The number of halogens is 1. The van der Waals surface area contributed by atoms with Crippen LogP contribution in [0, 0.1) is 6.92 Å². The van der Waals surface area contributed by atoms with Crippen LogP contribution >= 0.6 is 15.9 Å². The number of rotatable bonds is 0. The van der Waals surface area contributed by atoms with E-state index in [1.807, 2.05) is 19.1 Å². The van der Waals surface area contributed by atoms with Crippen molar-refractivity contribution in [1.29, 1.82) is 0 Å². The average Bonchev–Trinajstić information content (AvgIpc) is 2.35. The molecule has 1 aromatic carbocycles. The van der Waals surface area contributed by atoms with Crippen molar-refractivity contribution in [3.05, 3.63) is 43.6 Å². The lowest BCUT2D eigenvalue weighted by atomic mass is 10.0. The summed E-state index contributed by atoms with van der Waals surface area (Å²) in [6.07, 6.45) is 0.779. The minimum Gasteiger partial charge on any atom is -0.376 e. The monoisotopic (exact) mass is 293 g/mol. The van der Waals surface area contributed by atoms with E-state index in [1.165, 1.54) is 0 Å². The lowest BCUT2D eigenvalue weighted by molar-refractivity contribution is 0.109. The van der Waals surface area contributed by atoms with E-state index in [0.29, 0.717) is 13.2 Å². The van der Waals surface area contributed by atoms with Crippen molar-refractivity contribution in [3.8, 4) is 0 Å². The number of pyridine rings is 1. The number of nitrogens with one attached hydrogen (secondary N) is 1. The fourth-order valence-corrected chi connectivity index (χ4v) is 2.68. The van der Waals surface area contributed by atoms with Crippen molar-refractivity contribution >= 4 is 26.8 Å². The van der Waals surface area contributed by atoms with E-state index in [2.05, 4.69) is 20.9 Å². The zero-order chi connectivity index (χ0) is 12.0. The molecule has 0 unspecified atom stereocenters. The van der Waals surface area contributed by atoms with Gasteiger partial charge in [-0.3, -0.25) is 4.79 Å². The molecule has 0 amide bonds. The van der Waals surface area contributed by atoms with Gasteiger partial charge < -0.3 is 9.72 Å². The van der Waals surface area contributed by atoms with E-state index >= 15 is 0 Å². The maximum absolute atomic E-state index is 12.3. The fourth-order valence-electron chi connectivity index (χ4n) is 2.23. The molecule has 0 saturated heterocycles. The third-order valence-corrected chi connectivity index (χ3v) is 4.26. The van der Waals surface area contributed by atoms with Crippen molar-refractivity contribution in [2.75, 3.05) is 6.61 Å². The topological polar surface area (TPSA) is 42.1 Å². The number of hydrogen-bond acceptors (Lipinski definition) is 2. The molecule has 0 atom stereocenters. The summed E-state index contributed by atoms with van der Waals surface area (Å²) in [6.45, 7) is 3.12. The first kappa shape index (κ1) is 11.0. The largest absolute Gasteiger partial charge is 0.376 e. The summed E-state index contributed by atoms with van der Waals surface area (Å²) in [7, 11) is 0. The lowest BCUT2D eigenvalue weighted by Gasteiger charge is -2.17. The van der Waals surface area contributed by atoms with Crippen LogP contribution in [0.15, 0.2) is 21.4 Å². The number of H-pyrrole nitrogens is 1. The van der Waals surface area contributed by atoms with E-state index in [-0.39, 0.29) is 5.43 Å². The summed E-state index contributed by atoms with van der Waals surface area (Å²) in [5.74, 6) is 0. The molecule has 0 spiro atoms. The van der Waals surface area contributed by atoms with Crippen LogP contribution in [0.25, 0.3) is 10.9 Å². The first-order valence-corrected chi connectivity index (χ1v) is 6.38. The van der Waals surface area contributed by atoms with Gasteiger partial charge in [0.15, 0.2) is 5.43 Å². The van der Waals surface area contributed by atoms with Crippen molar-refractivity contribution < 1.29 is 4.74 Å². The molecule has 3 rings (SSSR count). The van der Waals surface area contributed by atoms with Crippen LogP contribution in [0.4, 0.5) is 0 Å². The number of aromatic amines is 1. The van der Waals surface area contributed by atoms with Crippen LogP contribution in [0.5, 0.6) is 0 Å². The number of aryl methyl sites for hydroxylation is 1. The maximum atomic E-state index is 12.3. The molecule has 2 aromatic rings. The molecular formula is C13H12BrNO2. The van der Waals surface area contributed by atoms with Gasteiger partial charge in [-0.2, -0.15) is 0 Å². The molecule has 1 N–H and O–H groups in total. The summed E-state index contributed by atoms with van der Waals surface area (Å²) < 4.78 is 6.32. The highest BCUT2D eigenvalue weighted by atomic mass is 79.9. The molecule has 2 heterocycles. The van der Waals surface area contributed by atoms with Gasteiger partial charge in [0.25, 0.3) is 0 Å². The van der Waals surface area contributed by atoms with Crippen molar-refractivity contribution in [3.63, 3.8) is 0 Å². The Bertz CT molecular complexity index is 660. The highest BCUT2D eigenvalue weighted by Gasteiger charge is 2.17. The number of benzene rings is 1. The second-order valence-corrected chi connectivity index (χ2v) is 5.13. The number of hydrogen-bond donors (Lipinski definition) is 1. The predicted molar refractivity (Wildman–Crippen MR) is 70.4 cm³/mol. The van der Waals surface area contributed by atoms with Gasteiger partial charge in [-0.15, -0.1) is 0 Å². The SMILES string of the molecule is Cc1ccc2c(=O)c3c([nH]c2c1Br)CCOC3. The van der Waals surface area contributed by atoms with Gasteiger partial charge in [0.2, 0.25) is 0 Å². The molecule has 0 aliphatic carbocycles. The molecule has 0 radical (unpaired) electrons. The van der Waals surface area contributed by atoms with Gasteiger partial charge in [-0.05, 0) is 34.5 Å². The molecule has 1 aliphatic heterocycles. The Kier molecular flexibility index (Phi) is 2.56. The summed E-state index contributed by atoms with van der Waals surface area (Å²) in [5.41, 5.74) is 3.91. The van der Waals surface area contributed by atoms with Gasteiger partial charge in [0, 0.05) is 27.5 Å². The quantitative estimate of drug-likeness (QED) is 0.811. The van der Waals surface area contributed by atoms with Crippen molar-refractivity contribution in [1.82, 2.24) is 4.98 Å². The van der Waals surface area contributed by atoms with Crippen LogP contribution in [0.3, 0.4) is 0 Å². The standard InChI is InChI=1S/C13H12BrNO2/c1-7-2-3-8-12(11(7)14)15-10-4-5-17-6-9(10)13(8)16/h2-3H,4-6H2,1H3,(H,15,16). The van der Waals surface area contributed by atoms with Crippen LogP contribution in [-0.2, 0) is 17.8 Å². The molecule has 0 fully saturated rings. The predicted octanol–water partition coefficient (Wildman–Crippen LogP) is 2.67. The van der Waals surface area contributed by atoms with Crippen LogP contribution in [-0.4, -0.2) is 11.6 Å². The molecule has 0 bridgehead atoms. The van der Waals surface area contributed by atoms with Crippen LogP contribution in [0.2, 0.25) is 0 Å². The first-order chi connectivity index (χ1) is 8.18. The molecule has 0 saturated carbocycles. The van der Waals surface area contributed by atoms with Crippen LogP contribution in [0.1, 0.15) is 16.8 Å². The Morgan fingerprint density at radius 3 is 3.06 bits per heavy atom. The Labute approximate surface area is 107 Å². The smallest absolute Gasteiger partial charge is 0.195 e. The second kappa shape index (κ2) is 3.96. The normalized spacial score (nSPS) is 14.9. The molecule has 3 nitrogen and oxygen atoms in total. The van der Waals surface area contributed by atoms with E-state index < -0.39 is 0 Å². The molecule has 1 aromatic heterocycles. The van der Waals surface area contributed by atoms with E-state index in [9.17, 15) is 4.79 Å². The minimum absolute atomic E-state index is 0.0918. The molecule has 1 aliphatic rings. The Morgan fingerprint density at radius 2 is 2.24 bits per heavy atom. The average molecular weight is 294 g/mol. The fraction of sp³-hybridized carbons (Fsp3) is 0.308. The first-order valence-electron chi connectivity index (χ1n) is 5.59. The van der Waals surface area contributed by atoms with Gasteiger partial charge in [-0.25, -0.2) is 0 Å². The summed E-state index contributed by atoms with van der Waals surface area (Å²) in [5, 5.41) is 0.728. The van der Waals surface area contributed by atoms with E-state index in [1.54, 1.807) is 0 Å². The van der Waals surface area contributed by atoms with Gasteiger partial charge in [0.05, 0.1) is 18.7 Å². The Hall–Kier alpha value is -1.13. The second-order valence-electron chi connectivity index (χ2n) is 4.33. The van der Waals surface area contributed by atoms with Gasteiger partial charge in [0.1, 0.15) is 0 Å². The number of ether oxygens (including phenoxy) is 1. The number of fused-ring (bicyclic) bond motifs is 2. The summed E-state index contributed by atoms with van der Waals surface area (Å²) in [6, 6.07) is 3.83. The maximum Gasteiger partial charge on any atom is 0.195 e. The molecule has 17 heavy (non-hydrogen) atoms. The zero-order valence-electron chi connectivity index (χ0n) is 9.47. The van der Waals surface area contributed by atoms with E-state index in [0.717, 1.165) is 38.6 Å². The molecular weight excluding hydrogens is 282 g/mol. The lowest BCUT2D eigenvalue weighted by Crippen LogP contribution is -2.21. The molecule has 4 heteroatoms. The highest BCUT2D eigenvalue weighted by molar-refractivity contribution is 9.10. The zero-order valence-corrected chi connectivity index (χ0v) is 11.1. The third kappa shape index (κ3) is 1.63. The Morgan fingerprint density at radius 1 is 1.41 bits per heavy atom. The highest BCUT2D eigenvalue weighted by Crippen LogP contribution is 2.26. The number of aromatic nitrogens is 1. The van der Waals surface area contributed by atoms with Crippen molar-refractivity contribution in [2.45, 2.75) is 20.0 Å². The van der Waals surface area contributed by atoms with Gasteiger partial charge in [-0.1, -0.05) is 6.07 Å². The van der Waals surface area contributed by atoms with E-state index in [4.69, 9.17) is 4.74 Å². The van der Waals surface area contributed by atoms with Gasteiger partial charge >= 0.3 is 0 Å². The molecule has 88 valence electrons.